The fourth-order valence-electron chi connectivity index (χ4n) is 5.08. The van der Waals surface area contributed by atoms with Gasteiger partial charge in [0.2, 0.25) is 5.95 Å². The molecule has 19 nitrogen and oxygen atoms in total. The van der Waals surface area contributed by atoms with Gasteiger partial charge in [0.15, 0.2) is 41.3 Å². The normalized spacial score (nSPS) is 34.4. The van der Waals surface area contributed by atoms with Gasteiger partial charge in [-0.05, 0) is 0 Å². The summed E-state index contributed by atoms with van der Waals surface area (Å²) >= 11 is 0. The van der Waals surface area contributed by atoms with E-state index in [4.69, 9.17) is 30.0 Å². The predicted molar refractivity (Wildman–Crippen MR) is 143 cm³/mol. The second-order valence-electron chi connectivity index (χ2n) is 10.3. The first-order chi connectivity index (χ1) is 20.9. The van der Waals surface area contributed by atoms with E-state index in [0.717, 1.165) is 17.2 Å². The average Bonchev–Trinajstić information content (AvgIpc) is 3.68. The minimum atomic E-state index is -5.28. The molecule has 22 heteroatoms. The summed E-state index contributed by atoms with van der Waals surface area (Å²) in [7, 11) is -5.28. The molecule has 0 spiro atoms. The number of nitrogens with one attached hydrogen (secondary N) is 1. The molecule has 2 aliphatic rings. The van der Waals surface area contributed by atoms with E-state index < -0.39 is 81.7 Å². The summed E-state index contributed by atoms with van der Waals surface area (Å²) in [6.45, 7) is -0.307. The number of hydrogen-bond acceptors (Lipinski definition) is 15. The van der Waals surface area contributed by atoms with Crippen LogP contribution in [0.15, 0.2) is 23.8 Å². The predicted octanol–water partition coefficient (Wildman–Crippen LogP) is -0.914. The van der Waals surface area contributed by atoms with E-state index in [-0.39, 0.29) is 34.1 Å². The summed E-state index contributed by atoms with van der Waals surface area (Å²) in [5.74, 6) is -1.76. The monoisotopic (exact) mass is 644 g/mol. The zero-order valence-electron chi connectivity index (χ0n) is 22.6. The Morgan fingerprint density at radius 1 is 1.11 bits per heavy atom. The topological polar surface area (TPSA) is 274 Å². The van der Waals surface area contributed by atoms with Crippen molar-refractivity contribution >= 4 is 41.9 Å². The number of anilines is 2. The first-order valence-corrected chi connectivity index (χ1v) is 14.6. The number of aliphatic hydroxyl groups excluding tert-OH is 2. The molecule has 2 fully saturated rings. The Hall–Kier alpha value is -3.69. The van der Waals surface area contributed by atoms with Crippen LogP contribution in [-0.4, -0.2) is 104 Å². The summed E-state index contributed by atoms with van der Waals surface area (Å²) in [4.78, 5) is 44.7. The number of fused-ring (bicyclic) bond motifs is 4. The molecule has 0 aliphatic carbocycles. The molecule has 6 rings (SSSR count). The molecule has 2 bridgehead atoms. The Bertz CT molecular complexity index is 1790. The Morgan fingerprint density at radius 2 is 1.86 bits per heavy atom. The van der Waals surface area contributed by atoms with E-state index >= 15 is 8.78 Å². The Kier molecular flexibility index (Phi) is 7.82. The summed E-state index contributed by atoms with van der Waals surface area (Å²) in [5.41, 5.74) is 10.4. The van der Waals surface area contributed by atoms with Crippen LogP contribution in [0.4, 0.5) is 20.5 Å². The van der Waals surface area contributed by atoms with E-state index in [9.17, 15) is 24.5 Å². The van der Waals surface area contributed by atoms with Crippen molar-refractivity contribution in [2.45, 2.75) is 56.1 Å². The fourth-order valence-corrected chi connectivity index (χ4v) is 6.01. The molecule has 0 amide bonds. The van der Waals surface area contributed by atoms with Crippen molar-refractivity contribution in [3.63, 3.8) is 0 Å². The van der Waals surface area contributed by atoms with E-state index in [1.165, 1.54) is 17.8 Å². The second kappa shape index (κ2) is 11.3. The number of ether oxygens (including phenoxy) is 2. The van der Waals surface area contributed by atoms with E-state index in [0.29, 0.717) is 0 Å². The van der Waals surface area contributed by atoms with Gasteiger partial charge in [-0.25, -0.2) is 33.3 Å². The number of hydrogen-bond donors (Lipinski definition) is 6. The van der Waals surface area contributed by atoms with Crippen LogP contribution in [0, 0.1) is 5.92 Å². The van der Waals surface area contributed by atoms with Crippen LogP contribution in [0.25, 0.3) is 22.3 Å². The number of aromatic amines is 1. The number of nitrogens with zero attached hydrogens (tertiary/aromatic N) is 7. The molecule has 0 aromatic carbocycles. The molecule has 4 aromatic heterocycles. The van der Waals surface area contributed by atoms with Gasteiger partial charge in [0.1, 0.15) is 36.3 Å². The van der Waals surface area contributed by atoms with Crippen LogP contribution in [0.2, 0.25) is 0 Å². The molecule has 2 aliphatic heterocycles. The van der Waals surface area contributed by atoms with E-state index in [1.807, 2.05) is 0 Å². The van der Waals surface area contributed by atoms with Gasteiger partial charge in [0.05, 0.1) is 32.0 Å². The second-order valence-corrected chi connectivity index (χ2v) is 11.7. The number of phosphoric acid groups is 1. The summed E-state index contributed by atoms with van der Waals surface area (Å²) < 4.78 is 68.5. The van der Waals surface area contributed by atoms with Crippen LogP contribution in [0.3, 0.4) is 0 Å². The first-order valence-electron chi connectivity index (χ1n) is 13.1. The molecule has 10 unspecified atom stereocenters. The average molecular weight is 644 g/mol. The molecule has 44 heavy (non-hydrogen) atoms. The van der Waals surface area contributed by atoms with Gasteiger partial charge in [-0.3, -0.25) is 28.0 Å². The smallest absolute Gasteiger partial charge is 0.390 e. The molecule has 238 valence electrons. The third-order valence-corrected chi connectivity index (χ3v) is 8.48. The quantitative estimate of drug-likeness (QED) is 0.147. The highest BCUT2D eigenvalue weighted by molar-refractivity contribution is 7.47. The highest BCUT2D eigenvalue weighted by Crippen LogP contribution is 2.49. The van der Waals surface area contributed by atoms with Crippen LogP contribution in [0.1, 0.15) is 19.4 Å². The van der Waals surface area contributed by atoms with E-state index in [1.54, 1.807) is 0 Å². The lowest BCUT2D eigenvalue weighted by Gasteiger charge is -2.33. The summed E-state index contributed by atoms with van der Waals surface area (Å²) in [6.07, 6.45) is -11.3. The van der Waals surface area contributed by atoms with Crippen molar-refractivity contribution < 1.29 is 47.0 Å². The molecule has 6 heterocycles. The SMILES string of the molecule is CC1C(O)COC2C(F)C(COP(=O)(O)OC(C(O)n3cnc4c(=O)[nH]c(N)nc43)C1F)OC2n1cnc2c(N)ncnc21. The Morgan fingerprint density at radius 3 is 2.64 bits per heavy atom. The van der Waals surface area contributed by atoms with Gasteiger partial charge in [0.25, 0.3) is 5.56 Å². The van der Waals surface area contributed by atoms with Crippen molar-refractivity contribution in [2.24, 2.45) is 5.92 Å². The number of halogens is 2. The van der Waals surface area contributed by atoms with Crippen molar-refractivity contribution in [3.8, 4) is 0 Å². The van der Waals surface area contributed by atoms with Crippen molar-refractivity contribution in [3.05, 3.63) is 29.3 Å². The molecule has 0 saturated carbocycles. The molecule has 8 N–H and O–H groups in total. The van der Waals surface area contributed by atoms with Crippen LogP contribution in [0.5, 0.6) is 0 Å². The standard InChI is InChI=1S/C22H27F2N10O9P/c1-7-8(35)2-40-15-11(24)9(42-21(15)34-6-29-12-16(25)27-4-28-17(12)34)3-41-44(38,39)43-14(10(7)23)20(37)33-5-30-13-18(33)31-22(26)32-19(13)36/h4-11,14-15,20-21,35,37H,2-3H2,1H3,(H,38,39)(H2,25,27,28)(H3,26,31,32,36). The summed E-state index contributed by atoms with van der Waals surface area (Å²) in [5, 5.41) is 22.0. The van der Waals surface area contributed by atoms with Crippen LogP contribution < -0.4 is 17.0 Å². The maximum Gasteiger partial charge on any atom is 0.472 e. The Labute approximate surface area is 244 Å². The van der Waals surface area contributed by atoms with Crippen LogP contribution in [-0.2, 0) is 23.1 Å². The number of imidazole rings is 2. The fraction of sp³-hybridized carbons (Fsp3) is 0.545. The molecule has 0 radical (unpaired) electrons. The zero-order valence-corrected chi connectivity index (χ0v) is 23.5. The number of aliphatic hydroxyl groups is 2. The minimum absolute atomic E-state index is 0.0473. The lowest BCUT2D eigenvalue weighted by Crippen LogP contribution is -2.43. The first kappa shape index (κ1) is 30.3. The lowest BCUT2D eigenvalue weighted by molar-refractivity contribution is -0.121. The zero-order chi connectivity index (χ0) is 31.5. The summed E-state index contributed by atoms with van der Waals surface area (Å²) in [6, 6.07) is 0. The number of nitrogen functional groups attached to an aromatic ring is 2. The van der Waals surface area contributed by atoms with Crippen molar-refractivity contribution in [1.82, 2.24) is 39.0 Å². The third kappa shape index (κ3) is 5.30. The van der Waals surface area contributed by atoms with E-state index in [2.05, 4.69) is 29.9 Å². The molecule has 10 atom stereocenters. The maximum atomic E-state index is 16.0. The maximum absolute atomic E-state index is 16.0. The lowest BCUT2D eigenvalue weighted by atomic mass is 9.94. The molecular formula is C22H27F2N10O9P. The number of H-pyrrole nitrogens is 1. The van der Waals surface area contributed by atoms with Gasteiger partial charge in [-0.15, -0.1) is 0 Å². The van der Waals surface area contributed by atoms with Crippen molar-refractivity contribution in [2.75, 3.05) is 24.7 Å². The highest BCUT2D eigenvalue weighted by Gasteiger charge is 2.50. The number of phosphoric ester groups is 1. The molecule has 2 saturated heterocycles. The van der Waals surface area contributed by atoms with Crippen LogP contribution >= 0.6 is 7.82 Å². The van der Waals surface area contributed by atoms with Crippen molar-refractivity contribution in [1.29, 1.82) is 0 Å². The number of rotatable bonds is 3. The van der Waals surface area contributed by atoms with Gasteiger partial charge in [-0.1, -0.05) is 6.92 Å². The minimum Gasteiger partial charge on any atom is -0.390 e. The van der Waals surface area contributed by atoms with Gasteiger partial charge in [0, 0.05) is 5.92 Å². The largest absolute Gasteiger partial charge is 0.472 e. The van der Waals surface area contributed by atoms with Gasteiger partial charge in [-0.2, -0.15) is 4.98 Å². The highest BCUT2D eigenvalue weighted by atomic mass is 31.2. The molecular weight excluding hydrogens is 617 g/mol. The van der Waals surface area contributed by atoms with Gasteiger partial charge < -0.3 is 36.0 Å². The number of alkyl halides is 2. The Balaban J connectivity index is 1.32. The van der Waals surface area contributed by atoms with Gasteiger partial charge >= 0.3 is 7.82 Å². The number of aromatic nitrogens is 8. The third-order valence-electron chi connectivity index (χ3n) is 7.49. The number of nitrogens with two attached hydrogens (primary N) is 2. The molecule has 4 aromatic rings.